The van der Waals surface area contributed by atoms with Crippen molar-refractivity contribution in [2.24, 2.45) is 11.8 Å². The zero-order chi connectivity index (χ0) is 14.2. The third-order valence-electron chi connectivity index (χ3n) is 6.23. The summed E-state index contributed by atoms with van der Waals surface area (Å²) in [5, 5.41) is 3.98. The van der Waals surface area contributed by atoms with E-state index in [1.165, 1.54) is 71.0 Å². The van der Waals surface area contributed by atoms with Gasteiger partial charge in [0.1, 0.15) is 0 Å². The average molecular weight is 278 g/mol. The fourth-order valence-electron chi connectivity index (χ4n) is 4.62. The van der Waals surface area contributed by atoms with E-state index in [2.05, 4.69) is 31.0 Å². The molecule has 1 N–H and O–H groups in total. The first kappa shape index (κ1) is 14.8. The van der Waals surface area contributed by atoms with Crippen LogP contribution in [0.25, 0.3) is 0 Å². The first-order valence-corrected chi connectivity index (χ1v) is 9.04. The van der Waals surface area contributed by atoms with Crippen molar-refractivity contribution in [1.29, 1.82) is 0 Å². The smallest absolute Gasteiger partial charge is 0.0334 e. The van der Waals surface area contributed by atoms with Gasteiger partial charge in [-0.25, -0.2) is 0 Å². The van der Waals surface area contributed by atoms with Gasteiger partial charge in [-0.05, 0) is 63.8 Å². The van der Waals surface area contributed by atoms with Crippen molar-refractivity contribution in [1.82, 2.24) is 10.2 Å². The van der Waals surface area contributed by atoms with Crippen LogP contribution in [0.2, 0.25) is 0 Å². The molecule has 1 heterocycles. The Kier molecular flexibility index (Phi) is 4.16. The molecule has 2 heteroatoms. The topological polar surface area (TPSA) is 15.3 Å². The molecule has 0 amide bonds. The summed E-state index contributed by atoms with van der Waals surface area (Å²) in [6.07, 6.45) is 11.4. The Balaban J connectivity index is 1.65. The quantitative estimate of drug-likeness (QED) is 0.822. The van der Waals surface area contributed by atoms with Gasteiger partial charge in [0.05, 0.1) is 0 Å². The Morgan fingerprint density at radius 2 is 1.90 bits per heavy atom. The van der Waals surface area contributed by atoms with E-state index in [4.69, 9.17) is 0 Å². The minimum atomic E-state index is 0.408. The molecule has 1 unspecified atom stereocenters. The van der Waals surface area contributed by atoms with Crippen LogP contribution in [-0.4, -0.2) is 35.6 Å². The van der Waals surface area contributed by atoms with E-state index in [9.17, 15) is 0 Å². The second kappa shape index (κ2) is 5.61. The summed E-state index contributed by atoms with van der Waals surface area (Å²) in [5.74, 6) is 1.81. The van der Waals surface area contributed by atoms with Crippen molar-refractivity contribution >= 4 is 0 Å². The molecule has 1 aliphatic heterocycles. The maximum Gasteiger partial charge on any atom is 0.0334 e. The van der Waals surface area contributed by atoms with Crippen molar-refractivity contribution in [2.45, 2.75) is 83.2 Å². The highest BCUT2D eigenvalue weighted by Crippen LogP contribution is 2.45. The largest absolute Gasteiger partial charge is 0.308 e. The fraction of sp³-hybridized carbons (Fsp3) is 1.00. The molecule has 3 rings (SSSR count). The van der Waals surface area contributed by atoms with Crippen molar-refractivity contribution in [3.05, 3.63) is 0 Å². The van der Waals surface area contributed by atoms with Gasteiger partial charge in [-0.15, -0.1) is 0 Å². The number of nitrogens with one attached hydrogen (secondary N) is 1. The number of hydrogen-bond acceptors (Lipinski definition) is 2. The molecule has 1 atom stereocenters. The monoisotopic (exact) mass is 278 g/mol. The van der Waals surface area contributed by atoms with Crippen LogP contribution in [0.5, 0.6) is 0 Å². The highest BCUT2D eigenvalue weighted by Gasteiger charge is 2.51. The van der Waals surface area contributed by atoms with Gasteiger partial charge in [-0.2, -0.15) is 0 Å². The first-order chi connectivity index (χ1) is 9.54. The third kappa shape index (κ3) is 2.92. The van der Waals surface area contributed by atoms with E-state index in [1.54, 1.807) is 0 Å². The summed E-state index contributed by atoms with van der Waals surface area (Å²) in [6.45, 7) is 11.1. The Morgan fingerprint density at radius 1 is 1.20 bits per heavy atom. The van der Waals surface area contributed by atoms with Crippen LogP contribution in [0.3, 0.4) is 0 Å². The number of rotatable bonds is 5. The van der Waals surface area contributed by atoms with Crippen LogP contribution in [0, 0.1) is 11.8 Å². The molecule has 2 nitrogen and oxygen atoms in total. The molecule has 0 aromatic heterocycles. The van der Waals surface area contributed by atoms with Crippen LogP contribution in [0.1, 0.15) is 72.1 Å². The molecule has 2 saturated carbocycles. The van der Waals surface area contributed by atoms with E-state index in [0.29, 0.717) is 11.1 Å². The number of piperazine rings is 1. The first-order valence-electron chi connectivity index (χ1n) is 9.04. The summed E-state index contributed by atoms with van der Waals surface area (Å²) >= 11 is 0. The second-order valence-corrected chi connectivity index (χ2v) is 8.43. The molecule has 1 spiro atoms. The van der Waals surface area contributed by atoms with Gasteiger partial charge in [0.2, 0.25) is 0 Å². The molecular formula is C18H34N2. The van der Waals surface area contributed by atoms with E-state index in [-0.39, 0.29) is 0 Å². The van der Waals surface area contributed by atoms with E-state index >= 15 is 0 Å². The summed E-state index contributed by atoms with van der Waals surface area (Å²) < 4.78 is 0. The zero-order valence-electron chi connectivity index (χ0n) is 13.9. The minimum Gasteiger partial charge on any atom is -0.308 e. The fourth-order valence-corrected chi connectivity index (χ4v) is 4.62. The molecule has 0 radical (unpaired) electrons. The molecule has 0 aromatic rings. The molecule has 0 bridgehead atoms. The van der Waals surface area contributed by atoms with Gasteiger partial charge in [0, 0.05) is 24.2 Å². The highest BCUT2D eigenvalue weighted by atomic mass is 15.3. The Morgan fingerprint density at radius 3 is 2.50 bits per heavy atom. The lowest BCUT2D eigenvalue weighted by Gasteiger charge is -2.53. The summed E-state index contributed by atoms with van der Waals surface area (Å²) in [7, 11) is 0. The maximum atomic E-state index is 3.98. The van der Waals surface area contributed by atoms with Gasteiger partial charge in [-0.3, -0.25) is 4.90 Å². The predicted octanol–water partition coefficient (Wildman–Crippen LogP) is 3.81. The molecule has 1 saturated heterocycles. The van der Waals surface area contributed by atoms with Crippen LogP contribution >= 0.6 is 0 Å². The lowest BCUT2D eigenvalue weighted by Crippen LogP contribution is -2.69. The Hall–Kier alpha value is -0.0800. The molecule has 2 aliphatic carbocycles. The molecule has 3 aliphatic rings. The summed E-state index contributed by atoms with van der Waals surface area (Å²) in [4.78, 5) is 2.91. The average Bonchev–Trinajstić information content (AvgIpc) is 3.16. The van der Waals surface area contributed by atoms with Crippen LogP contribution in [-0.2, 0) is 0 Å². The molecule has 20 heavy (non-hydrogen) atoms. The van der Waals surface area contributed by atoms with Crippen molar-refractivity contribution in [3.8, 4) is 0 Å². The van der Waals surface area contributed by atoms with Gasteiger partial charge in [0.15, 0.2) is 0 Å². The van der Waals surface area contributed by atoms with Crippen molar-refractivity contribution in [2.75, 3.05) is 19.6 Å². The molecule has 0 aromatic carbocycles. The molecular weight excluding hydrogens is 244 g/mol. The van der Waals surface area contributed by atoms with E-state index in [1.807, 2.05) is 0 Å². The lowest BCUT2D eigenvalue weighted by atomic mass is 9.83. The zero-order valence-corrected chi connectivity index (χ0v) is 13.9. The second-order valence-electron chi connectivity index (χ2n) is 8.43. The molecule has 116 valence electrons. The van der Waals surface area contributed by atoms with E-state index in [0.717, 1.165) is 11.8 Å². The van der Waals surface area contributed by atoms with Crippen LogP contribution in [0.15, 0.2) is 0 Å². The predicted molar refractivity (Wildman–Crippen MR) is 86.0 cm³/mol. The van der Waals surface area contributed by atoms with E-state index < -0.39 is 0 Å². The number of nitrogens with zero attached hydrogens (tertiary/aromatic N) is 1. The maximum absolute atomic E-state index is 3.98. The van der Waals surface area contributed by atoms with Crippen LogP contribution < -0.4 is 5.32 Å². The third-order valence-corrected chi connectivity index (χ3v) is 6.23. The van der Waals surface area contributed by atoms with Gasteiger partial charge in [0.25, 0.3) is 0 Å². The summed E-state index contributed by atoms with van der Waals surface area (Å²) in [5.41, 5.74) is 0.928. The molecule has 3 fully saturated rings. The van der Waals surface area contributed by atoms with Gasteiger partial charge >= 0.3 is 0 Å². The normalized spacial score (nSPS) is 34.2. The SMILES string of the molecule is CC(C)CCCN1CC(C)(C2CC2)NCC12CCCC2. The van der Waals surface area contributed by atoms with Crippen molar-refractivity contribution < 1.29 is 0 Å². The van der Waals surface area contributed by atoms with Gasteiger partial charge < -0.3 is 5.32 Å². The minimum absolute atomic E-state index is 0.408. The van der Waals surface area contributed by atoms with Crippen LogP contribution in [0.4, 0.5) is 0 Å². The number of hydrogen-bond donors (Lipinski definition) is 1. The lowest BCUT2D eigenvalue weighted by molar-refractivity contribution is 0.00417. The standard InChI is InChI=1S/C18H34N2/c1-15(2)7-6-12-20-14-17(3,16-8-9-16)19-13-18(20)10-4-5-11-18/h15-16,19H,4-14H2,1-3H3. The Bertz CT molecular complexity index is 328. The van der Waals surface area contributed by atoms with Gasteiger partial charge in [-0.1, -0.05) is 26.7 Å². The van der Waals surface area contributed by atoms with Crippen molar-refractivity contribution in [3.63, 3.8) is 0 Å². The summed E-state index contributed by atoms with van der Waals surface area (Å²) in [6, 6.07) is 0. The highest BCUT2D eigenvalue weighted by molar-refractivity contribution is 5.10. The Labute approximate surface area is 125 Å².